The van der Waals surface area contributed by atoms with E-state index >= 15 is 0 Å². The van der Waals surface area contributed by atoms with Gasteiger partial charge in [-0.05, 0) is 12.2 Å². The summed E-state index contributed by atoms with van der Waals surface area (Å²) in [5.74, 6) is 0.766. The van der Waals surface area contributed by atoms with Crippen LogP contribution >= 0.6 is 0 Å². The average Bonchev–Trinajstić information content (AvgIpc) is 1.98. The summed E-state index contributed by atoms with van der Waals surface area (Å²) in [6.45, 7) is 4.02. The van der Waals surface area contributed by atoms with Crippen LogP contribution in [0.4, 0.5) is 0 Å². The lowest BCUT2D eigenvalue weighted by atomic mass is 10.4. The van der Waals surface area contributed by atoms with Gasteiger partial charge in [0.05, 0.1) is 7.11 Å². The van der Waals surface area contributed by atoms with Crippen molar-refractivity contribution in [1.29, 1.82) is 0 Å². The van der Waals surface area contributed by atoms with Gasteiger partial charge >= 0.3 is 0 Å². The summed E-state index contributed by atoms with van der Waals surface area (Å²) in [6.07, 6.45) is 7.08. The number of methoxy groups -OCH3 is 1. The molecule has 0 unspecified atom stereocenters. The molecule has 0 bridgehead atoms. The van der Waals surface area contributed by atoms with Crippen molar-refractivity contribution >= 4 is 0 Å². The van der Waals surface area contributed by atoms with Gasteiger partial charge in [0, 0.05) is 6.54 Å². The van der Waals surface area contributed by atoms with Crippen LogP contribution < -0.4 is 5.73 Å². The molecule has 0 aliphatic carbocycles. The Bertz CT molecular complexity index is 145. The zero-order valence-corrected chi connectivity index (χ0v) is 6.21. The van der Waals surface area contributed by atoms with Crippen LogP contribution in [0.15, 0.2) is 36.6 Å². The third-order valence-corrected chi connectivity index (χ3v) is 0.951. The number of hydrogen-bond acceptors (Lipinski definition) is 2. The Morgan fingerprint density at radius 1 is 1.70 bits per heavy atom. The van der Waals surface area contributed by atoms with Crippen molar-refractivity contribution < 1.29 is 4.74 Å². The van der Waals surface area contributed by atoms with Gasteiger partial charge in [-0.3, -0.25) is 0 Å². The second-order valence-corrected chi connectivity index (χ2v) is 1.64. The molecule has 0 aromatic carbocycles. The van der Waals surface area contributed by atoms with Crippen molar-refractivity contribution in [2.45, 2.75) is 0 Å². The van der Waals surface area contributed by atoms with Gasteiger partial charge in [0.15, 0.2) is 0 Å². The molecule has 0 rings (SSSR count). The van der Waals surface area contributed by atoms with E-state index in [2.05, 4.69) is 6.58 Å². The largest absolute Gasteiger partial charge is 0.497 e. The molecule has 2 N–H and O–H groups in total. The number of hydrogen-bond donors (Lipinski definition) is 1. The minimum Gasteiger partial charge on any atom is -0.497 e. The van der Waals surface area contributed by atoms with E-state index in [-0.39, 0.29) is 0 Å². The molecule has 56 valence electrons. The van der Waals surface area contributed by atoms with E-state index in [9.17, 15) is 0 Å². The molecule has 0 aliphatic rings. The summed E-state index contributed by atoms with van der Waals surface area (Å²) in [5.41, 5.74) is 5.26. The van der Waals surface area contributed by atoms with Gasteiger partial charge in [-0.1, -0.05) is 18.7 Å². The molecule has 0 radical (unpaired) electrons. The molecule has 2 heteroatoms. The van der Waals surface area contributed by atoms with Gasteiger partial charge in [0.2, 0.25) is 0 Å². The predicted octanol–water partition coefficient (Wildman–Crippen LogP) is 1.22. The lowest BCUT2D eigenvalue weighted by Crippen LogP contribution is -1.95. The van der Waals surface area contributed by atoms with Gasteiger partial charge in [-0.2, -0.15) is 0 Å². The Morgan fingerprint density at radius 2 is 2.40 bits per heavy atom. The van der Waals surface area contributed by atoms with Gasteiger partial charge in [0.25, 0.3) is 0 Å². The maximum absolute atomic E-state index is 5.26. The molecule has 0 saturated heterocycles. The summed E-state index contributed by atoms with van der Waals surface area (Å²) in [5, 5.41) is 0. The first kappa shape index (κ1) is 8.98. The highest BCUT2D eigenvalue weighted by Crippen LogP contribution is 1.95. The lowest BCUT2D eigenvalue weighted by Gasteiger charge is -1.96. The minimum atomic E-state index is 0.491. The Labute approximate surface area is 61.7 Å². The van der Waals surface area contributed by atoms with E-state index in [1.54, 1.807) is 31.4 Å². The molecule has 0 heterocycles. The summed E-state index contributed by atoms with van der Waals surface area (Å²) >= 11 is 0. The molecule has 10 heavy (non-hydrogen) atoms. The van der Waals surface area contributed by atoms with Crippen LogP contribution in [0, 0.1) is 0 Å². The summed E-state index contributed by atoms with van der Waals surface area (Å²) in [4.78, 5) is 0. The van der Waals surface area contributed by atoms with Crippen LogP contribution in [0.5, 0.6) is 0 Å². The normalized spacial score (nSPS) is 12.0. The van der Waals surface area contributed by atoms with Crippen molar-refractivity contribution in [1.82, 2.24) is 0 Å². The molecule has 0 aromatic rings. The van der Waals surface area contributed by atoms with Crippen LogP contribution in [0.2, 0.25) is 0 Å². The van der Waals surface area contributed by atoms with Crippen LogP contribution in [0.1, 0.15) is 0 Å². The number of rotatable bonds is 4. The second-order valence-electron chi connectivity index (χ2n) is 1.64. The third-order valence-electron chi connectivity index (χ3n) is 0.951. The summed E-state index contributed by atoms with van der Waals surface area (Å²) in [7, 11) is 1.61. The smallest absolute Gasteiger partial charge is 0.116 e. The van der Waals surface area contributed by atoms with E-state index in [1.807, 2.05) is 0 Å². The fraction of sp³-hybridized carbons (Fsp3) is 0.250. The number of allylic oxidation sites excluding steroid dienone is 3. The Balaban J connectivity index is 3.94. The van der Waals surface area contributed by atoms with Crippen molar-refractivity contribution in [3.05, 3.63) is 36.6 Å². The molecule has 0 aromatic heterocycles. The van der Waals surface area contributed by atoms with Crippen molar-refractivity contribution in [3.8, 4) is 0 Å². The summed E-state index contributed by atoms with van der Waals surface area (Å²) < 4.78 is 4.94. The van der Waals surface area contributed by atoms with E-state index in [0.717, 1.165) is 5.76 Å². The molecule has 0 aliphatic heterocycles. The van der Waals surface area contributed by atoms with E-state index in [1.165, 1.54) is 0 Å². The molecule has 0 atom stereocenters. The fourth-order valence-corrected chi connectivity index (χ4v) is 0.498. The highest BCUT2D eigenvalue weighted by molar-refractivity contribution is 5.16. The van der Waals surface area contributed by atoms with E-state index in [4.69, 9.17) is 10.5 Å². The standard InChI is InChI=1S/C8H13NO/c1-3-4-5-8(10-2)6-7-9/h3-6H,1,7,9H2,2H3/b5-4-,8-6+. The third kappa shape index (κ3) is 3.92. The number of nitrogens with two attached hydrogens (primary N) is 1. The Morgan fingerprint density at radius 3 is 2.80 bits per heavy atom. The lowest BCUT2D eigenvalue weighted by molar-refractivity contribution is 0.306. The maximum atomic E-state index is 5.26. The molecule has 2 nitrogen and oxygen atoms in total. The first-order valence-electron chi connectivity index (χ1n) is 3.08. The first-order chi connectivity index (χ1) is 4.85. The first-order valence-corrected chi connectivity index (χ1v) is 3.08. The van der Waals surface area contributed by atoms with Gasteiger partial charge in [0.1, 0.15) is 5.76 Å². The zero-order valence-electron chi connectivity index (χ0n) is 6.21. The molecular weight excluding hydrogens is 126 g/mol. The highest BCUT2D eigenvalue weighted by atomic mass is 16.5. The highest BCUT2D eigenvalue weighted by Gasteiger charge is 1.83. The molecular formula is C8H13NO. The SMILES string of the molecule is C=C/C=C\C(=C/CN)OC. The second kappa shape index (κ2) is 6.11. The Hall–Kier alpha value is -1.02. The maximum Gasteiger partial charge on any atom is 0.116 e. The van der Waals surface area contributed by atoms with E-state index in [0.29, 0.717) is 6.54 Å². The molecule has 0 spiro atoms. The Kier molecular flexibility index (Phi) is 5.48. The molecule has 0 saturated carbocycles. The van der Waals surface area contributed by atoms with Crippen LogP contribution in [0.25, 0.3) is 0 Å². The zero-order chi connectivity index (χ0) is 7.82. The van der Waals surface area contributed by atoms with Gasteiger partial charge in [-0.15, -0.1) is 0 Å². The topological polar surface area (TPSA) is 35.2 Å². The van der Waals surface area contributed by atoms with E-state index < -0.39 is 0 Å². The average molecular weight is 139 g/mol. The van der Waals surface area contributed by atoms with Crippen molar-refractivity contribution in [2.24, 2.45) is 5.73 Å². The van der Waals surface area contributed by atoms with Crippen molar-refractivity contribution in [2.75, 3.05) is 13.7 Å². The summed E-state index contributed by atoms with van der Waals surface area (Å²) in [6, 6.07) is 0. The van der Waals surface area contributed by atoms with Crippen LogP contribution in [-0.2, 0) is 4.74 Å². The van der Waals surface area contributed by atoms with Crippen LogP contribution in [-0.4, -0.2) is 13.7 Å². The van der Waals surface area contributed by atoms with Crippen molar-refractivity contribution in [3.63, 3.8) is 0 Å². The van der Waals surface area contributed by atoms with Crippen LogP contribution in [0.3, 0.4) is 0 Å². The fourth-order valence-electron chi connectivity index (χ4n) is 0.498. The predicted molar refractivity (Wildman–Crippen MR) is 43.5 cm³/mol. The monoisotopic (exact) mass is 139 g/mol. The van der Waals surface area contributed by atoms with Gasteiger partial charge < -0.3 is 10.5 Å². The molecule has 0 amide bonds. The molecule has 0 fully saturated rings. The minimum absolute atomic E-state index is 0.491. The quantitative estimate of drug-likeness (QED) is 0.469. The van der Waals surface area contributed by atoms with Gasteiger partial charge in [-0.25, -0.2) is 0 Å². The number of ether oxygens (including phenoxy) is 1.